The van der Waals surface area contributed by atoms with Gasteiger partial charge in [-0.3, -0.25) is 0 Å². The third-order valence-electron chi connectivity index (χ3n) is 3.66. The fourth-order valence-corrected chi connectivity index (χ4v) is 4.73. The summed E-state index contributed by atoms with van der Waals surface area (Å²) in [5.41, 5.74) is 0.665. The first-order valence-corrected chi connectivity index (χ1v) is 8.96. The molecule has 112 valence electrons. The fourth-order valence-electron chi connectivity index (χ4n) is 2.54. The number of piperidine rings is 1. The van der Waals surface area contributed by atoms with Crippen molar-refractivity contribution in [3.8, 4) is 0 Å². The van der Waals surface area contributed by atoms with Gasteiger partial charge in [-0.05, 0) is 42.0 Å². The summed E-state index contributed by atoms with van der Waals surface area (Å²) in [5, 5.41) is 0.498. The Bertz CT molecular complexity index is 599. The third-order valence-corrected chi connectivity index (χ3v) is 6.16. The van der Waals surface area contributed by atoms with Gasteiger partial charge in [-0.1, -0.05) is 25.4 Å². The minimum absolute atomic E-state index is 0.0209. The van der Waals surface area contributed by atoms with Crippen molar-refractivity contribution in [2.24, 2.45) is 5.41 Å². The van der Waals surface area contributed by atoms with Gasteiger partial charge in [-0.25, -0.2) is 8.42 Å². The van der Waals surface area contributed by atoms with Crippen molar-refractivity contribution in [3.63, 3.8) is 0 Å². The van der Waals surface area contributed by atoms with Crippen LogP contribution in [-0.4, -0.2) is 25.8 Å². The van der Waals surface area contributed by atoms with E-state index in [9.17, 15) is 8.42 Å². The van der Waals surface area contributed by atoms with Crippen LogP contribution in [0.1, 0.15) is 32.3 Å². The minimum atomic E-state index is -3.47. The maximum Gasteiger partial charge on any atom is 0.243 e. The fraction of sp³-hybridized carbons (Fsp3) is 0.571. The van der Waals surface area contributed by atoms with E-state index in [2.05, 4.69) is 13.8 Å². The quantitative estimate of drug-likeness (QED) is 0.786. The van der Waals surface area contributed by atoms with Crippen molar-refractivity contribution in [1.29, 1.82) is 0 Å². The number of hydrogen-bond acceptors (Lipinski definition) is 2. The molecule has 1 aliphatic rings. The Labute approximate surface area is 130 Å². The lowest BCUT2D eigenvalue weighted by atomic mass is 9.85. The molecule has 0 radical (unpaired) electrons. The largest absolute Gasteiger partial charge is 0.243 e. The molecule has 0 atom stereocenters. The zero-order chi connectivity index (χ0) is 15.0. The molecule has 0 amide bonds. The van der Waals surface area contributed by atoms with Gasteiger partial charge >= 0.3 is 0 Å². The van der Waals surface area contributed by atoms with Gasteiger partial charge in [0.2, 0.25) is 10.0 Å². The second-order valence-corrected chi connectivity index (χ2v) is 8.61. The highest BCUT2D eigenvalue weighted by molar-refractivity contribution is 7.89. The molecule has 0 spiro atoms. The molecule has 0 aromatic heterocycles. The molecule has 0 saturated carbocycles. The molecule has 0 bridgehead atoms. The molecular weight excluding hydrogens is 317 g/mol. The average Bonchev–Trinajstić information content (AvgIpc) is 2.37. The first kappa shape index (κ1) is 16.1. The highest BCUT2D eigenvalue weighted by Gasteiger charge is 2.34. The van der Waals surface area contributed by atoms with E-state index < -0.39 is 10.0 Å². The minimum Gasteiger partial charge on any atom is -0.207 e. The molecule has 1 saturated heterocycles. The molecule has 1 aliphatic heterocycles. The summed E-state index contributed by atoms with van der Waals surface area (Å²) in [6, 6.07) is 4.73. The maximum absolute atomic E-state index is 12.7. The van der Waals surface area contributed by atoms with Crippen LogP contribution in [0.3, 0.4) is 0 Å². The van der Waals surface area contributed by atoms with Gasteiger partial charge in [0.25, 0.3) is 0 Å². The van der Waals surface area contributed by atoms with Crippen LogP contribution in [0.4, 0.5) is 0 Å². The molecule has 1 heterocycles. The Morgan fingerprint density at radius 3 is 2.65 bits per heavy atom. The van der Waals surface area contributed by atoms with Crippen molar-refractivity contribution in [3.05, 3.63) is 28.8 Å². The summed E-state index contributed by atoms with van der Waals surface area (Å²) in [6.07, 6.45) is 1.94. The van der Waals surface area contributed by atoms with Crippen molar-refractivity contribution < 1.29 is 8.42 Å². The van der Waals surface area contributed by atoms with Gasteiger partial charge in [-0.2, -0.15) is 4.31 Å². The molecule has 1 aromatic rings. The lowest BCUT2D eigenvalue weighted by Crippen LogP contribution is -2.43. The smallest absolute Gasteiger partial charge is 0.207 e. The number of hydrogen-bond donors (Lipinski definition) is 0. The van der Waals surface area contributed by atoms with Crippen molar-refractivity contribution in [2.45, 2.75) is 37.5 Å². The molecule has 1 fully saturated rings. The van der Waals surface area contributed by atoms with E-state index in [1.165, 1.54) is 0 Å². The lowest BCUT2D eigenvalue weighted by molar-refractivity contribution is 0.187. The Morgan fingerprint density at radius 2 is 2.05 bits per heavy atom. The van der Waals surface area contributed by atoms with Crippen LogP contribution < -0.4 is 0 Å². The number of rotatable bonds is 3. The molecule has 2 rings (SSSR count). The Hall–Kier alpha value is -0.290. The Kier molecular flexibility index (Phi) is 4.69. The van der Waals surface area contributed by atoms with Gasteiger partial charge in [0.15, 0.2) is 0 Å². The Morgan fingerprint density at radius 1 is 1.35 bits per heavy atom. The van der Waals surface area contributed by atoms with Crippen molar-refractivity contribution >= 4 is 33.2 Å². The van der Waals surface area contributed by atoms with E-state index in [0.717, 1.165) is 12.8 Å². The summed E-state index contributed by atoms with van der Waals surface area (Å²) in [4.78, 5) is 0.273. The molecular formula is C14H19Cl2NO2S. The highest BCUT2D eigenvalue weighted by Crippen LogP contribution is 2.32. The summed E-state index contributed by atoms with van der Waals surface area (Å²) in [5.74, 6) is 0.202. The van der Waals surface area contributed by atoms with Crippen LogP contribution >= 0.6 is 23.2 Å². The van der Waals surface area contributed by atoms with Crippen molar-refractivity contribution in [2.75, 3.05) is 13.1 Å². The monoisotopic (exact) mass is 335 g/mol. The predicted octanol–water partition coefficient (Wildman–Crippen LogP) is 3.89. The molecule has 1 aromatic carbocycles. The predicted molar refractivity (Wildman–Crippen MR) is 82.8 cm³/mol. The molecule has 3 nitrogen and oxygen atoms in total. The SMILES string of the molecule is CC1(C)CCCN(S(=O)(=O)c2ccc(Cl)c(CCl)c2)C1. The van der Waals surface area contributed by atoms with Gasteiger partial charge in [0.05, 0.1) is 4.90 Å². The van der Waals surface area contributed by atoms with Gasteiger partial charge < -0.3 is 0 Å². The number of alkyl halides is 1. The molecule has 0 unspecified atom stereocenters. The first-order valence-electron chi connectivity index (χ1n) is 6.61. The third kappa shape index (κ3) is 3.30. The zero-order valence-corrected chi connectivity index (χ0v) is 14.0. The topological polar surface area (TPSA) is 37.4 Å². The van der Waals surface area contributed by atoms with Crippen LogP contribution in [0.25, 0.3) is 0 Å². The number of benzene rings is 1. The van der Waals surface area contributed by atoms with Crippen LogP contribution in [0, 0.1) is 5.41 Å². The van der Waals surface area contributed by atoms with Crippen LogP contribution in [-0.2, 0) is 15.9 Å². The molecule has 20 heavy (non-hydrogen) atoms. The van der Waals surface area contributed by atoms with Gasteiger partial charge in [-0.15, -0.1) is 11.6 Å². The maximum atomic E-state index is 12.7. The first-order chi connectivity index (χ1) is 9.26. The number of sulfonamides is 1. The van der Waals surface area contributed by atoms with Crippen molar-refractivity contribution in [1.82, 2.24) is 4.31 Å². The summed E-state index contributed by atoms with van der Waals surface area (Å²) in [7, 11) is -3.47. The standard InChI is InChI=1S/C14H19Cl2NO2S/c1-14(2)6-3-7-17(10-14)20(18,19)12-4-5-13(16)11(8-12)9-15/h4-5,8H,3,6-7,9-10H2,1-2H3. The van der Waals surface area contributed by atoms with E-state index in [1.807, 2.05) is 0 Å². The van der Waals surface area contributed by atoms with Gasteiger partial charge in [0, 0.05) is 24.0 Å². The van der Waals surface area contributed by atoms with Crippen LogP contribution in [0.5, 0.6) is 0 Å². The summed E-state index contributed by atoms with van der Waals surface area (Å²) >= 11 is 11.8. The van der Waals surface area contributed by atoms with Crippen LogP contribution in [0.2, 0.25) is 5.02 Å². The lowest BCUT2D eigenvalue weighted by Gasteiger charge is -2.37. The Balaban J connectivity index is 2.35. The van der Waals surface area contributed by atoms with E-state index in [0.29, 0.717) is 23.7 Å². The number of nitrogens with zero attached hydrogens (tertiary/aromatic N) is 1. The zero-order valence-electron chi connectivity index (χ0n) is 11.7. The van der Waals surface area contributed by atoms with Gasteiger partial charge in [0.1, 0.15) is 0 Å². The van der Waals surface area contributed by atoms with Crippen LogP contribution in [0.15, 0.2) is 23.1 Å². The molecule has 0 N–H and O–H groups in total. The average molecular weight is 336 g/mol. The van der Waals surface area contributed by atoms with E-state index >= 15 is 0 Å². The molecule has 0 aliphatic carbocycles. The number of halogens is 2. The molecule has 6 heteroatoms. The summed E-state index contributed by atoms with van der Waals surface area (Å²) < 4.78 is 27.0. The normalized spacial score (nSPS) is 20.0. The van der Waals surface area contributed by atoms with E-state index in [-0.39, 0.29) is 16.2 Å². The summed E-state index contributed by atoms with van der Waals surface area (Å²) in [6.45, 7) is 5.32. The van der Waals surface area contributed by atoms with E-state index in [1.54, 1.807) is 22.5 Å². The van der Waals surface area contributed by atoms with E-state index in [4.69, 9.17) is 23.2 Å². The highest BCUT2D eigenvalue weighted by atomic mass is 35.5. The second-order valence-electron chi connectivity index (χ2n) is 5.99. The second kappa shape index (κ2) is 5.84.